The minimum Gasteiger partial charge on any atom is -0.464 e. The molecule has 1 fully saturated rings. The monoisotopic (exact) mass is 286 g/mol. The fourth-order valence-electron chi connectivity index (χ4n) is 1.84. The number of aromatic nitrogens is 2. The summed E-state index contributed by atoms with van der Waals surface area (Å²) in [5.41, 5.74) is 5.98. The normalized spacial score (nSPS) is 16.1. The Hall–Kier alpha value is -1.60. The maximum Gasteiger partial charge on any atom is 0.359 e. The number of carbonyl (C=O) groups is 1. The average Bonchev–Trinajstić information content (AvgIpc) is 2.42. The van der Waals surface area contributed by atoms with Gasteiger partial charge in [-0.25, -0.2) is 9.78 Å². The summed E-state index contributed by atoms with van der Waals surface area (Å²) in [5.74, 6) is -0.288. The molecule has 0 amide bonds. The van der Waals surface area contributed by atoms with E-state index < -0.39 is 5.97 Å². The lowest BCUT2D eigenvalue weighted by Gasteiger charge is -2.24. The van der Waals surface area contributed by atoms with Gasteiger partial charge >= 0.3 is 5.97 Å². The van der Waals surface area contributed by atoms with Gasteiger partial charge in [0.1, 0.15) is 5.69 Å². The summed E-state index contributed by atoms with van der Waals surface area (Å²) in [6.07, 6.45) is 1.68. The maximum absolute atomic E-state index is 11.5. The fourth-order valence-corrected chi connectivity index (χ4v) is 2.01. The van der Waals surface area contributed by atoms with Gasteiger partial charge < -0.3 is 20.5 Å². The molecular formula is C11H15ClN4O3. The number of esters is 1. The lowest BCUT2D eigenvalue weighted by atomic mass is 10.1. The number of ether oxygens (including phenoxy) is 2. The van der Waals surface area contributed by atoms with Gasteiger partial charge in [-0.2, -0.15) is 4.98 Å². The first-order valence-electron chi connectivity index (χ1n) is 5.87. The van der Waals surface area contributed by atoms with Crippen molar-refractivity contribution in [2.45, 2.75) is 18.9 Å². The third-order valence-electron chi connectivity index (χ3n) is 2.86. The highest BCUT2D eigenvalue weighted by Crippen LogP contribution is 2.24. The second-order valence-corrected chi connectivity index (χ2v) is 4.46. The highest BCUT2D eigenvalue weighted by molar-refractivity contribution is 6.28. The Morgan fingerprint density at radius 2 is 2.16 bits per heavy atom. The number of nitrogens with zero attached hydrogens (tertiary/aromatic N) is 2. The predicted molar refractivity (Wildman–Crippen MR) is 70.3 cm³/mol. The van der Waals surface area contributed by atoms with E-state index in [0.29, 0.717) is 19.0 Å². The number of halogens is 1. The molecule has 2 heterocycles. The van der Waals surface area contributed by atoms with Gasteiger partial charge in [-0.3, -0.25) is 0 Å². The van der Waals surface area contributed by atoms with Crippen molar-refractivity contribution >= 4 is 29.1 Å². The van der Waals surface area contributed by atoms with Gasteiger partial charge in [0.25, 0.3) is 0 Å². The van der Waals surface area contributed by atoms with E-state index >= 15 is 0 Å². The number of carbonyl (C=O) groups excluding carboxylic acids is 1. The van der Waals surface area contributed by atoms with Crippen LogP contribution >= 0.6 is 11.6 Å². The highest BCUT2D eigenvalue weighted by Gasteiger charge is 2.21. The molecule has 104 valence electrons. The number of nitrogens with two attached hydrogens (primary N) is 1. The average molecular weight is 287 g/mol. The summed E-state index contributed by atoms with van der Waals surface area (Å²) in [6, 6.07) is 0.188. The second kappa shape index (κ2) is 6.03. The smallest absolute Gasteiger partial charge is 0.359 e. The van der Waals surface area contributed by atoms with E-state index in [1.165, 1.54) is 7.11 Å². The maximum atomic E-state index is 11.5. The molecule has 0 saturated carbocycles. The Morgan fingerprint density at radius 1 is 1.47 bits per heavy atom. The molecule has 1 aromatic rings. The summed E-state index contributed by atoms with van der Waals surface area (Å²) in [4.78, 5) is 19.3. The van der Waals surface area contributed by atoms with Crippen molar-refractivity contribution in [3.05, 3.63) is 11.0 Å². The molecule has 0 aromatic carbocycles. The van der Waals surface area contributed by atoms with E-state index in [2.05, 4.69) is 20.0 Å². The van der Waals surface area contributed by atoms with Crippen molar-refractivity contribution in [2.75, 3.05) is 31.4 Å². The van der Waals surface area contributed by atoms with Crippen LogP contribution in [-0.2, 0) is 9.47 Å². The largest absolute Gasteiger partial charge is 0.464 e. The summed E-state index contributed by atoms with van der Waals surface area (Å²) in [5, 5.41) is 3.11. The first-order chi connectivity index (χ1) is 9.11. The molecule has 7 nitrogen and oxygen atoms in total. The molecule has 1 aromatic heterocycles. The molecule has 1 aliphatic heterocycles. The van der Waals surface area contributed by atoms with Crippen LogP contribution in [-0.4, -0.2) is 42.3 Å². The van der Waals surface area contributed by atoms with E-state index in [0.717, 1.165) is 12.8 Å². The molecule has 1 saturated heterocycles. The van der Waals surface area contributed by atoms with Crippen molar-refractivity contribution in [1.29, 1.82) is 0 Å². The summed E-state index contributed by atoms with van der Waals surface area (Å²) in [7, 11) is 1.25. The number of hydrogen-bond acceptors (Lipinski definition) is 7. The lowest BCUT2D eigenvalue weighted by Crippen LogP contribution is -2.29. The molecule has 0 aliphatic carbocycles. The number of methoxy groups -OCH3 is 1. The Morgan fingerprint density at radius 3 is 2.79 bits per heavy atom. The van der Waals surface area contributed by atoms with Gasteiger partial charge in [0.05, 0.1) is 7.11 Å². The van der Waals surface area contributed by atoms with Crippen LogP contribution < -0.4 is 11.1 Å². The van der Waals surface area contributed by atoms with Crippen molar-refractivity contribution in [3.63, 3.8) is 0 Å². The van der Waals surface area contributed by atoms with Gasteiger partial charge in [0.2, 0.25) is 5.28 Å². The standard InChI is InChI=1S/C11H15ClN4O3/c1-18-10(17)8-7(13)9(16-11(12)15-8)14-6-2-4-19-5-3-6/h6H,2-5,13H2,1H3,(H,14,15,16). The van der Waals surface area contributed by atoms with Crippen LogP contribution in [0.2, 0.25) is 5.28 Å². The Labute approximate surface area is 115 Å². The fraction of sp³-hybridized carbons (Fsp3) is 0.545. The summed E-state index contributed by atoms with van der Waals surface area (Å²) in [6.45, 7) is 1.36. The van der Waals surface area contributed by atoms with E-state index in [4.69, 9.17) is 22.1 Å². The van der Waals surface area contributed by atoms with E-state index in [9.17, 15) is 4.79 Å². The highest BCUT2D eigenvalue weighted by atomic mass is 35.5. The molecule has 8 heteroatoms. The second-order valence-electron chi connectivity index (χ2n) is 4.13. The van der Waals surface area contributed by atoms with Crippen LogP contribution in [0.15, 0.2) is 0 Å². The number of anilines is 2. The number of nitrogens with one attached hydrogen (secondary N) is 1. The van der Waals surface area contributed by atoms with Gasteiger partial charge in [-0.15, -0.1) is 0 Å². The van der Waals surface area contributed by atoms with E-state index in [1.807, 2.05) is 0 Å². The summed E-state index contributed by atoms with van der Waals surface area (Å²) < 4.78 is 9.87. The van der Waals surface area contributed by atoms with Crippen LogP contribution in [0.3, 0.4) is 0 Å². The van der Waals surface area contributed by atoms with Crippen LogP contribution in [0.25, 0.3) is 0 Å². The Kier molecular flexibility index (Phi) is 4.39. The van der Waals surface area contributed by atoms with Crippen molar-refractivity contribution in [2.24, 2.45) is 0 Å². The quantitative estimate of drug-likeness (QED) is 0.634. The first kappa shape index (κ1) is 13.8. The zero-order chi connectivity index (χ0) is 13.8. The lowest BCUT2D eigenvalue weighted by molar-refractivity contribution is 0.0595. The van der Waals surface area contributed by atoms with Crippen molar-refractivity contribution < 1.29 is 14.3 Å². The van der Waals surface area contributed by atoms with Crippen LogP contribution in [0.4, 0.5) is 11.5 Å². The van der Waals surface area contributed by atoms with Crippen LogP contribution in [0, 0.1) is 0 Å². The van der Waals surface area contributed by atoms with Crippen LogP contribution in [0.1, 0.15) is 23.3 Å². The van der Waals surface area contributed by atoms with Gasteiger partial charge in [0, 0.05) is 19.3 Å². The zero-order valence-corrected chi connectivity index (χ0v) is 11.2. The molecule has 3 N–H and O–H groups in total. The Balaban J connectivity index is 2.24. The SMILES string of the molecule is COC(=O)c1nc(Cl)nc(NC2CCOCC2)c1N. The zero-order valence-electron chi connectivity index (χ0n) is 10.5. The van der Waals surface area contributed by atoms with Gasteiger partial charge in [-0.05, 0) is 24.4 Å². The Bertz CT molecular complexity index is 477. The summed E-state index contributed by atoms with van der Waals surface area (Å²) >= 11 is 5.79. The topological polar surface area (TPSA) is 99.4 Å². The molecule has 0 bridgehead atoms. The van der Waals surface area contributed by atoms with E-state index in [1.54, 1.807) is 0 Å². The van der Waals surface area contributed by atoms with Gasteiger partial charge in [-0.1, -0.05) is 0 Å². The molecule has 1 aliphatic rings. The minimum absolute atomic E-state index is 0.0305. The third-order valence-corrected chi connectivity index (χ3v) is 3.03. The van der Waals surface area contributed by atoms with Crippen LogP contribution in [0.5, 0.6) is 0 Å². The molecule has 0 atom stereocenters. The number of hydrogen-bond donors (Lipinski definition) is 2. The third kappa shape index (κ3) is 3.24. The predicted octanol–water partition coefficient (Wildman–Crippen LogP) is 1.09. The molecule has 0 radical (unpaired) electrons. The molecule has 0 spiro atoms. The number of nitrogen functional groups attached to an aromatic ring is 1. The molecular weight excluding hydrogens is 272 g/mol. The molecule has 2 rings (SSSR count). The first-order valence-corrected chi connectivity index (χ1v) is 6.25. The number of rotatable bonds is 3. The minimum atomic E-state index is -0.642. The van der Waals surface area contributed by atoms with Crippen molar-refractivity contribution in [1.82, 2.24) is 9.97 Å². The molecule has 19 heavy (non-hydrogen) atoms. The van der Waals surface area contributed by atoms with Crippen molar-refractivity contribution in [3.8, 4) is 0 Å². The molecule has 0 unspecified atom stereocenters. The van der Waals surface area contributed by atoms with Gasteiger partial charge in [0.15, 0.2) is 11.5 Å². The van der Waals surface area contributed by atoms with E-state index in [-0.39, 0.29) is 22.7 Å².